The topological polar surface area (TPSA) is 29.5 Å². The van der Waals surface area contributed by atoms with Crippen molar-refractivity contribution in [2.75, 3.05) is 4.90 Å². The number of hydrogen-bond acceptors (Lipinski definition) is 2. The Morgan fingerprint density at radius 3 is 2.57 bits per heavy atom. The van der Waals surface area contributed by atoms with Gasteiger partial charge < -0.3 is 9.64 Å². The third-order valence-corrected chi connectivity index (χ3v) is 3.76. The van der Waals surface area contributed by atoms with Crippen LogP contribution in [0.4, 0.5) is 5.69 Å². The number of ether oxygens (including phenoxy) is 1. The second-order valence-electron chi connectivity index (χ2n) is 5.60. The summed E-state index contributed by atoms with van der Waals surface area (Å²) >= 11 is 6.07. The van der Waals surface area contributed by atoms with Gasteiger partial charge in [0.1, 0.15) is 5.75 Å². The first-order chi connectivity index (χ1) is 9.97. The lowest BCUT2D eigenvalue weighted by Gasteiger charge is -2.38. The lowest BCUT2D eigenvalue weighted by molar-refractivity contribution is -0.132. The van der Waals surface area contributed by atoms with Gasteiger partial charge >= 0.3 is 0 Å². The van der Waals surface area contributed by atoms with Gasteiger partial charge in [0.25, 0.3) is 5.91 Å². The van der Waals surface area contributed by atoms with E-state index in [-0.39, 0.29) is 5.91 Å². The molecular formula is C17H16ClNO2. The summed E-state index contributed by atoms with van der Waals surface area (Å²) in [4.78, 5) is 14.4. The predicted octanol–water partition coefficient (Wildman–Crippen LogP) is 4.04. The Balaban J connectivity index is 2.05. The summed E-state index contributed by atoms with van der Waals surface area (Å²) in [6.45, 7) is 4.07. The van der Waals surface area contributed by atoms with Crippen molar-refractivity contribution in [3.05, 3.63) is 59.1 Å². The van der Waals surface area contributed by atoms with E-state index in [1.807, 2.05) is 36.4 Å². The van der Waals surface area contributed by atoms with Gasteiger partial charge in [0.15, 0.2) is 5.60 Å². The minimum atomic E-state index is -0.879. The Bertz CT molecular complexity index is 682. The number of benzene rings is 2. The highest BCUT2D eigenvalue weighted by Gasteiger charge is 2.40. The second kappa shape index (κ2) is 5.08. The predicted molar refractivity (Wildman–Crippen MR) is 83.8 cm³/mol. The van der Waals surface area contributed by atoms with E-state index >= 15 is 0 Å². The van der Waals surface area contributed by atoms with Crippen LogP contribution >= 0.6 is 11.6 Å². The normalized spacial score (nSPS) is 16.3. The number of hydrogen-bond donors (Lipinski definition) is 0. The average Bonchev–Trinajstić information content (AvgIpc) is 2.46. The molecule has 0 spiro atoms. The molecule has 0 saturated carbocycles. The van der Waals surface area contributed by atoms with Gasteiger partial charge in [-0.15, -0.1) is 0 Å². The minimum absolute atomic E-state index is 0.0684. The van der Waals surface area contributed by atoms with E-state index < -0.39 is 5.60 Å². The number of carbonyl (C=O) groups excluding carboxylic acids is 1. The van der Waals surface area contributed by atoms with Gasteiger partial charge in [-0.1, -0.05) is 41.9 Å². The zero-order valence-corrected chi connectivity index (χ0v) is 12.7. The first-order valence-electron chi connectivity index (χ1n) is 6.82. The Labute approximate surface area is 129 Å². The molecule has 0 saturated heterocycles. The zero-order chi connectivity index (χ0) is 15.0. The fraction of sp³-hybridized carbons (Fsp3) is 0.235. The van der Waals surface area contributed by atoms with Crippen molar-refractivity contribution in [2.24, 2.45) is 0 Å². The van der Waals surface area contributed by atoms with Crippen LogP contribution in [0, 0.1) is 0 Å². The molecule has 1 heterocycles. The first-order valence-corrected chi connectivity index (χ1v) is 7.20. The maximum absolute atomic E-state index is 12.7. The summed E-state index contributed by atoms with van der Waals surface area (Å²) in [5.41, 5.74) is 0.903. The molecule has 1 aliphatic heterocycles. The third-order valence-electron chi connectivity index (χ3n) is 3.52. The molecule has 4 heteroatoms. The Kier molecular flexibility index (Phi) is 3.38. The van der Waals surface area contributed by atoms with E-state index in [1.165, 1.54) is 0 Å². The van der Waals surface area contributed by atoms with Gasteiger partial charge in [-0.3, -0.25) is 4.79 Å². The Hall–Kier alpha value is -2.00. The van der Waals surface area contributed by atoms with Crippen molar-refractivity contribution >= 4 is 23.2 Å². The minimum Gasteiger partial charge on any atom is -0.476 e. The monoisotopic (exact) mass is 301 g/mol. The fourth-order valence-electron chi connectivity index (χ4n) is 2.46. The molecule has 1 amide bonds. The molecule has 21 heavy (non-hydrogen) atoms. The Morgan fingerprint density at radius 2 is 1.86 bits per heavy atom. The number of nitrogens with zero attached hydrogens (tertiary/aromatic N) is 1. The molecule has 0 aliphatic carbocycles. The molecule has 0 unspecified atom stereocenters. The van der Waals surface area contributed by atoms with E-state index in [9.17, 15) is 4.79 Å². The van der Waals surface area contributed by atoms with Crippen molar-refractivity contribution in [1.82, 2.24) is 0 Å². The van der Waals surface area contributed by atoms with Crippen LogP contribution in [0.3, 0.4) is 0 Å². The number of anilines is 1. The second-order valence-corrected chi connectivity index (χ2v) is 6.04. The van der Waals surface area contributed by atoms with E-state index in [4.69, 9.17) is 16.3 Å². The summed E-state index contributed by atoms with van der Waals surface area (Å²) in [5.74, 6) is 0.612. The summed E-state index contributed by atoms with van der Waals surface area (Å²) < 4.78 is 5.80. The average molecular weight is 302 g/mol. The molecule has 0 N–H and O–H groups in total. The molecule has 108 valence electrons. The standard InChI is InChI=1S/C17H16ClNO2/c1-17(2)16(20)19(11-12-6-4-3-5-7-12)14-10-13(18)8-9-15(14)21-17/h3-10H,11H2,1-2H3. The highest BCUT2D eigenvalue weighted by atomic mass is 35.5. The fourth-order valence-corrected chi connectivity index (χ4v) is 2.63. The van der Waals surface area contributed by atoms with Crippen molar-refractivity contribution < 1.29 is 9.53 Å². The van der Waals surface area contributed by atoms with Crippen LogP contribution in [0.25, 0.3) is 0 Å². The van der Waals surface area contributed by atoms with Crippen molar-refractivity contribution in [3.8, 4) is 5.75 Å². The number of halogens is 1. The van der Waals surface area contributed by atoms with Crippen LogP contribution < -0.4 is 9.64 Å². The number of rotatable bonds is 2. The van der Waals surface area contributed by atoms with Crippen LogP contribution in [0.15, 0.2) is 48.5 Å². The highest BCUT2D eigenvalue weighted by Crippen LogP contribution is 2.40. The van der Waals surface area contributed by atoms with Gasteiger partial charge in [-0.05, 0) is 37.6 Å². The maximum Gasteiger partial charge on any atom is 0.271 e. The third kappa shape index (κ3) is 2.61. The van der Waals surface area contributed by atoms with E-state index in [0.29, 0.717) is 17.3 Å². The molecule has 0 aromatic heterocycles. The molecule has 1 aliphatic rings. The van der Waals surface area contributed by atoms with Gasteiger partial charge in [-0.2, -0.15) is 0 Å². The molecule has 0 radical (unpaired) electrons. The summed E-state index contributed by atoms with van der Waals surface area (Å²) in [6.07, 6.45) is 0. The first kappa shape index (κ1) is 14.0. The smallest absolute Gasteiger partial charge is 0.271 e. The quantitative estimate of drug-likeness (QED) is 0.837. The van der Waals surface area contributed by atoms with Crippen LogP contribution in [0.1, 0.15) is 19.4 Å². The lowest BCUT2D eigenvalue weighted by Crippen LogP contribution is -2.52. The number of amides is 1. The van der Waals surface area contributed by atoms with Crippen LogP contribution in [0.5, 0.6) is 5.75 Å². The number of fused-ring (bicyclic) bond motifs is 1. The molecule has 2 aromatic carbocycles. The van der Waals surface area contributed by atoms with Crippen molar-refractivity contribution in [3.63, 3.8) is 0 Å². The van der Waals surface area contributed by atoms with E-state index in [1.54, 1.807) is 30.9 Å². The summed E-state index contributed by atoms with van der Waals surface area (Å²) in [5, 5.41) is 0.586. The molecule has 3 nitrogen and oxygen atoms in total. The van der Waals surface area contributed by atoms with E-state index in [2.05, 4.69) is 0 Å². The SMILES string of the molecule is CC1(C)Oc2ccc(Cl)cc2N(Cc2ccccc2)C1=O. The largest absolute Gasteiger partial charge is 0.476 e. The highest BCUT2D eigenvalue weighted by molar-refractivity contribution is 6.31. The Morgan fingerprint density at radius 1 is 1.14 bits per heavy atom. The number of carbonyl (C=O) groups is 1. The lowest BCUT2D eigenvalue weighted by atomic mass is 10.0. The molecule has 0 bridgehead atoms. The summed E-state index contributed by atoms with van der Waals surface area (Å²) in [6, 6.07) is 15.2. The van der Waals surface area contributed by atoms with Crippen LogP contribution in [-0.4, -0.2) is 11.5 Å². The van der Waals surface area contributed by atoms with Crippen LogP contribution in [0.2, 0.25) is 5.02 Å². The van der Waals surface area contributed by atoms with Crippen molar-refractivity contribution in [1.29, 1.82) is 0 Å². The molecule has 0 fully saturated rings. The summed E-state index contributed by atoms with van der Waals surface area (Å²) in [7, 11) is 0. The maximum atomic E-state index is 12.7. The van der Waals surface area contributed by atoms with Gasteiger partial charge in [0.2, 0.25) is 0 Å². The van der Waals surface area contributed by atoms with Gasteiger partial charge in [-0.25, -0.2) is 0 Å². The van der Waals surface area contributed by atoms with Crippen LogP contribution in [-0.2, 0) is 11.3 Å². The molecular weight excluding hydrogens is 286 g/mol. The van der Waals surface area contributed by atoms with E-state index in [0.717, 1.165) is 11.3 Å². The van der Waals surface area contributed by atoms with Gasteiger partial charge in [0, 0.05) is 5.02 Å². The van der Waals surface area contributed by atoms with Gasteiger partial charge in [0.05, 0.1) is 12.2 Å². The molecule has 0 atom stereocenters. The van der Waals surface area contributed by atoms with Crippen molar-refractivity contribution in [2.45, 2.75) is 26.0 Å². The molecule has 3 rings (SSSR count). The molecule has 2 aromatic rings. The zero-order valence-electron chi connectivity index (χ0n) is 12.0.